The first-order valence-electron chi connectivity index (χ1n) is 9.11. The van der Waals surface area contributed by atoms with Crippen molar-refractivity contribution in [3.63, 3.8) is 0 Å². The maximum atomic E-state index is 13.3. The van der Waals surface area contributed by atoms with E-state index >= 15 is 0 Å². The molecule has 0 saturated carbocycles. The minimum Gasteiger partial charge on any atom is -0.465 e. The summed E-state index contributed by atoms with van der Waals surface area (Å²) in [5.74, 6) is -2.57. The summed E-state index contributed by atoms with van der Waals surface area (Å²) < 4.78 is 45.9. The van der Waals surface area contributed by atoms with Crippen molar-refractivity contribution in [1.82, 2.24) is 14.9 Å². The molecule has 0 bridgehead atoms. The normalized spacial score (nSPS) is 11.5. The second-order valence-corrected chi connectivity index (χ2v) is 8.18. The summed E-state index contributed by atoms with van der Waals surface area (Å²) in [6.07, 6.45) is -3.55. The van der Waals surface area contributed by atoms with Crippen LogP contribution in [0.3, 0.4) is 0 Å². The molecule has 1 heterocycles. The number of methoxy groups -OCH3 is 1. The van der Waals surface area contributed by atoms with E-state index in [9.17, 15) is 22.8 Å². The number of rotatable bonds is 7. The van der Waals surface area contributed by atoms with Gasteiger partial charge in [0, 0.05) is 10.2 Å². The number of esters is 1. The van der Waals surface area contributed by atoms with Crippen molar-refractivity contribution in [1.29, 1.82) is 0 Å². The fourth-order valence-corrected chi connectivity index (χ4v) is 3.40. The molecular weight excluding hydrogens is 527 g/mol. The molecule has 0 aliphatic rings. The van der Waals surface area contributed by atoms with Crippen molar-refractivity contribution in [2.75, 3.05) is 18.2 Å². The molecule has 0 radical (unpaired) electrons. The van der Waals surface area contributed by atoms with Crippen molar-refractivity contribution in [3.8, 4) is 0 Å². The van der Waals surface area contributed by atoms with E-state index in [2.05, 4.69) is 41.3 Å². The summed E-state index contributed by atoms with van der Waals surface area (Å²) in [4.78, 5) is 23.7. The second-order valence-electron chi connectivity index (χ2n) is 6.32. The predicted molar refractivity (Wildman–Crippen MR) is 119 cm³/mol. The van der Waals surface area contributed by atoms with Gasteiger partial charge in [-0.1, -0.05) is 39.8 Å². The van der Waals surface area contributed by atoms with Crippen LogP contribution < -0.4 is 5.32 Å². The molecular formula is C20H15BrF3N5O3S. The number of alkyl halides is 3. The van der Waals surface area contributed by atoms with Gasteiger partial charge < -0.3 is 10.1 Å². The smallest absolute Gasteiger partial charge is 0.453 e. The Morgan fingerprint density at radius 1 is 1.15 bits per heavy atom. The Balaban J connectivity index is 1.71. The maximum Gasteiger partial charge on any atom is 0.453 e. The Hall–Kier alpha value is -3.19. The van der Waals surface area contributed by atoms with Gasteiger partial charge in [0.2, 0.25) is 11.1 Å². The highest BCUT2D eigenvalue weighted by Crippen LogP contribution is 2.30. The number of aromatic nitrogens is 3. The first-order valence-corrected chi connectivity index (χ1v) is 10.9. The summed E-state index contributed by atoms with van der Waals surface area (Å²) in [7, 11) is 1.25. The Bertz CT molecular complexity index is 1170. The number of hydrogen-bond acceptors (Lipinski definition) is 7. The Labute approximate surface area is 198 Å². The highest BCUT2D eigenvalue weighted by atomic mass is 79.9. The number of carbonyl (C=O) groups is 2. The van der Waals surface area contributed by atoms with Gasteiger partial charge in [-0.05, 0) is 42.0 Å². The number of ether oxygens (including phenoxy) is 1. The molecule has 0 atom stereocenters. The summed E-state index contributed by atoms with van der Waals surface area (Å²) >= 11 is 4.02. The molecule has 0 spiro atoms. The van der Waals surface area contributed by atoms with Crippen molar-refractivity contribution in [2.45, 2.75) is 11.3 Å². The summed E-state index contributed by atoms with van der Waals surface area (Å²) in [6, 6.07) is 12.7. The monoisotopic (exact) mass is 541 g/mol. The molecule has 8 nitrogen and oxygen atoms in total. The average molecular weight is 542 g/mol. The summed E-state index contributed by atoms with van der Waals surface area (Å²) in [5.41, 5.74) is 1.27. The van der Waals surface area contributed by atoms with Crippen LogP contribution in [0.4, 0.5) is 18.9 Å². The van der Waals surface area contributed by atoms with Gasteiger partial charge in [-0.15, -0.1) is 10.2 Å². The molecule has 0 aliphatic heterocycles. The molecule has 2 aromatic carbocycles. The van der Waals surface area contributed by atoms with E-state index in [0.717, 1.165) is 16.2 Å². The van der Waals surface area contributed by atoms with E-state index in [0.29, 0.717) is 21.5 Å². The topological polar surface area (TPSA) is 98.5 Å². The summed E-state index contributed by atoms with van der Waals surface area (Å²) in [5, 5.41) is 13.0. The van der Waals surface area contributed by atoms with Gasteiger partial charge in [0.05, 0.1) is 24.6 Å². The second kappa shape index (κ2) is 10.6. The Morgan fingerprint density at radius 3 is 2.42 bits per heavy atom. The van der Waals surface area contributed by atoms with Gasteiger partial charge in [-0.3, -0.25) is 4.79 Å². The van der Waals surface area contributed by atoms with Crippen LogP contribution in [0.25, 0.3) is 0 Å². The number of nitrogens with one attached hydrogen (secondary N) is 1. The Kier molecular flexibility index (Phi) is 7.87. The van der Waals surface area contributed by atoms with Gasteiger partial charge in [0.25, 0.3) is 5.82 Å². The molecule has 0 unspecified atom stereocenters. The van der Waals surface area contributed by atoms with E-state index in [-0.39, 0.29) is 10.9 Å². The molecule has 13 heteroatoms. The van der Waals surface area contributed by atoms with Crippen LogP contribution in [0.15, 0.2) is 63.3 Å². The van der Waals surface area contributed by atoms with Crippen molar-refractivity contribution in [3.05, 3.63) is 70.0 Å². The van der Waals surface area contributed by atoms with Gasteiger partial charge in [0.1, 0.15) is 0 Å². The predicted octanol–water partition coefficient (Wildman–Crippen LogP) is 4.46. The first-order chi connectivity index (χ1) is 15.7. The highest BCUT2D eigenvalue weighted by Gasteiger charge is 2.39. The zero-order chi connectivity index (χ0) is 24.0. The van der Waals surface area contributed by atoms with Crippen LogP contribution >= 0.6 is 27.7 Å². The van der Waals surface area contributed by atoms with Crippen LogP contribution in [-0.2, 0) is 15.7 Å². The van der Waals surface area contributed by atoms with E-state index in [1.807, 2.05) is 0 Å². The first kappa shape index (κ1) is 24.5. The number of thioether (sulfide) groups is 1. The fourth-order valence-electron chi connectivity index (χ4n) is 2.44. The molecule has 172 valence electrons. The SMILES string of the molecule is COC(=O)c1ccc(NC(=O)CSc2nnc(C(F)(F)F)n2/N=C/c2ccc(Br)cc2)cc1. The lowest BCUT2D eigenvalue weighted by atomic mass is 10.2. The van der Waals surface area contributed by atoms with Gasteiger partial charge in [-0.25, -0.2) is 4.79 Å². The quantitative estimate of drug-likeness (QED) is 0.269. The van der Waals surface area contributed by atoms with Crippen molar-refractivity contribution in [2.24, 2.45) is 5.10 Å². The van der Waals surface area contributed by atoms with Crippen LogP contribution in [-0.4, -0.2) is 45.8 Å². The minimum absolute atomic E-state index is 0.202. The highest BCUT2D eigenvalue weighted by molar-refractivity contribution is 9.10. The van der Waals surface area contributed by atoms with Crippen LogP contribution in [0, 0.1) is 0 Å². The zero-order valence-electron chi connectivity index (χ0n) is 16.8. The molecule has 0 saturated heterocycles. The minimum atomic E-state index is -4.79. The Morgan fingerprint density at radius 2 is 1.82 bits per heavy atom. The third kappa shape index (κ3) is 6.65. The number of amides is 1. The molecule has 1 N–H and O–H groups in total. The van der Waals surface area contributed by atoms with Crippen molar-refractivity contribution < 1.29 is 27.5 Å². The molecule has 0 aliphatic carbocycles. The molecule has 0 fully saturated rings. The molecule has 33 heavy (non-hydrogen) atoms. The number of halogens is 4. The molecule has 1 aromatic heterocycles. The van der Waals surface area contributed by atoms with Crippen LogP contribution in [0.1, 0.15) is 21.7 Å². The number of nitrogens with zero attached hydrogens (tertiary/aromatic N) is 4. The summed E-state index contributed by atoms with van der Waals surface area (Å²) in [6.45, 7) is 0. The lowest BCUT2D eigenvalue weighted by Crippen LogP contribution is -2.15. The lowest BCUT2D eigenvalue weighted by Gasteiger charge is -2.08. The number of benzene rings is 2. The lowest BCUT2D eigenvalue weighted by molar-refractivity contribution is -0.147. The van der Waals surface area contributed by atoms with Gasteiger partial charge >= 0.3 is 12.1 Å². The maximum absolute atomic E-state index is 13.3. The van der Waals surface area contributed by atoms with Gasteiger partial charge in [-0.2, -0.15) is 22.9 Å². The van der Waals surface area contributed by atoms with Crippen LogP contribution in [0.5, 0.6) is 0 Å². The molecule has 3 rings (SSSR count). The zero-order valence-corrected chi connectivity index (χ0v) is 19.2. The number of carbonyl (C=O) groups excluding carboxylic acids is 2. The largest absolute Gasteiger partial charge is 0.465 e. The van der Waals surface area contributed by atoms with E-state index in [1.165, 1.54) is 37.6 Å². The van der Waals surface area contributed by atoms with E-state index in [4.69, 9.17) is 0 Å². The van der Waals surface area contributed by atoms with Gasteiger partial charge in [0.15, 0.2) is 0 Å². The average Bonchev–Trinajstić information content (AvgIpc) is 3.20. The molecule has 3 aromatic rings. The van der Waals surface area contributed by atoms with E-state index in [1.54, 1.807) is 24.3 Å². The number of hydrogen-bond donors (Lipinski definition) is 1. The third-order valence-corrected chi connectivity index (χ3v) is 5.43. The third-order valence-electron chi connectivity index (χ3n) is 3.98. The van der Waals surface area contributed by atoms with E-state index < -0.39 is 23.9 Å². The fraction of sp³-hybridized carbons (Fsp3) is 0.150. The molecule has 1 amide bonds. The van der Waals surface area contributed by atoms with Crippen molar-refractivity contribution >= 4 is 51.5 Å². The number of anilines is 1. The van der Waals surface area contributed by atoms with Crippen LogP contribution in [0.2, 0.25) is 0 Å². The standard InChI is InChI=1S/C20H15BrF3N5O3S/c1-32-17(31)13-4-8-15(9-5-13)26-16(30)11-33-19-28-27-18(20(22,23)24)29(19)25-10-12-2-6-14(21)7-3-12/h2-10H,11H2,1H3,(H,26,30)/b25-10+.